The van der Waals surface area contributed by atoms with Crippen LogP contribution in [0.3, 0.4) is 0 Å². The number of aromatic nitrogens is 2. The first-order chi connectivity index (χ1) is 12.8. The molecule has 1 aromatic carbocycles. The highest BCUT2D eigenvalue weighted by Gasteiger charge is 2.20. The minimum Gasteiger partial charge on any atom is -0.465 e. The summed E-state index contributed by atoms with van der Waals surface area (Å²) >= 11 is 1.60. The predicted molar refractivity (Wildman–Crippen MR) is 105 cm³/mol. The lowest BCUT2D eigenvalue weighted by Crippen LogP contribution is -2.20. The van der Waals surface area contributed by atoms with Crippen LogP contribution < -0.4 is 0 Å². The Morgan fingerprint density at radius 2 is 2.00 bits per heavy atom. The molecule has 0 aliphatic heterocycles. The summed E-state index contributed by atoms with van der Waals surface area (Å²) in [7, 11) is 0. The van der Waals surface area contributed by atoms with E-state index in [1.807, 2.05) is 49.8 Å². The van der Waals surface area contributed by atoms with Gasteiger partial charge in [0.2, 0.25) is 0 Å². The van der Waals surface area contributed by atoms with Crippen molar-refractivity contribution >= 4 is 23.2 Å². The molecule has 0 saturated heterocycles. The zero-order chi connectivity index (χ0) is 18.2. The number of hydrogen-bond donors (Lipinski definition) is 0. The van der Waals surface area contributed by atoms with Crippen molar-refractivity contribution < 1.29 is 9.53 Å². The first-order valence-corrected chi connectivity index (χ1v) is 9.94. The van der Waals surface area contributed by atoms with Crippen LogP contribution >= 0.6 is 11.8 Å². The van der Waals surface area contributed by atoms with Gasteiger partial charge in [-0.05, 0) is 50.5 Å². The highest BCUT2D eigenvalue weighted by atomic mass is 32.2. The molecule has 3 aromatic rings. The molecule has 3 rings (SSSR count). The standard InChI is InChI=1S/C21H24N2O2S/c1-2-25-21(24)20(26-19-12-4-3-5-13-19)14-7-6-9-17-10-8-11-18-15-22-16-23(17)18/h3-5,8,10-13,15-16,20H,2,6-7,9,14H2,1H3. The van der Waals surface area contributed by atoms with Gasteiger partial charge in [0.15, 0.2) is 0 Å². The number of benzene rings is 1. The number of esters is 1. The number of carbonyl (C=O) groups is 1. The topological polar surface area (TPSA) is 43.6 Å². The Kier molecular flexibility index (Phi) is 6.72. The van der Waals surface area contributed by atoms with Crippen LogP contribution in [0.25, 0.3) is 5.52 Å². The third-order valence-corrected chi connectivity index (χ3v) is 5.51. The van der Waals surface area contributed by atoms with E-state index in [1.165, 1.54) is 5.69 Å². The number of fused-ring (bicyclic) bond motifs is 1. The molecule has 136 valence electrons. The molecule has 2 aromatic heterocycles. The van der Waals surface area contributed by atoms with E-state index in [2.05, 4.69) is 27.6 Å². The lowest BCUT2D eigenvalue weighted by atomic mass is 10.1. The molecule has 0 fully saturated rings. The van der Waals surface area contributed by atoms with E-state index in [4.69, 9.17) is 4.74 Å². The Balaban J connectivity index is 1.55. The van der Waals surface area contributed by atoms with E-state index in [0.29, 0.717) is 6.61 Å². The lowest BCUT2D eigenvalue weighted by Gasteiger charge is -2.15. The average Bonchev–Trinajstić information content (AvgIpc) is 3.15. The number of aryl methyl sites for hydroxylation is 1. The van der Waals surface area contributed by atoms with Gasteiger partial charge in [0, 0.05) is 10.6 Å². The minimum absolute atomic E-state index is 0.113. The second-order valence-corrected chi connectivity index (χ2v) is 7.40. The van der Waals surface area contributed by atoms with Crippen molar-refractivity contribution in [3.8, 4) is 0 Å². The van der Waals surface area contributed by atoms with E-state index >= 15 is 0 Å². The molecule has 0 saturated carbocycles. The van der Waals surface area contributed by atoms with Crippen LogP contribution in [-0.2, 0) is 16.0 Å². The van der Waals surface area contributed by atoms with Crippen LogP contribution in [0.15, 0.2) is 66.0 Å². The van der Waals surface area contributed by atoms with Crippen LogP contribution in [0.2, 0.25) is 0 Å². The average molecular weight is 369 g/mol. The summed E-state index contributed by atoms with van der Waals surface area (Å²) in [5.41, 5.74) is 2.37. The molecule has 0 bridgehead atoms. The van der Waals surface area contributed by atoms with Crippen molar-refractivity contribution in [2.45, 2.75) is 42.8 Å². The molecule has 0 aliphatic rings. The van der Waals surface area contributed by atoms with Crippen molar-refractivity contribution in [2.75, 3.05) is 6.61 Å². The van der Waals surface area contributed by atoms with Gasteiger partial charge in [0.1, 0.15) is 5.25 Å². The highest BCUT2D eigenvalue weighted by Crippen LogP contribution is 2.27. The van der Waals surface area contributed by atoms with Gasteiger partial charge in [-0.25, -0.2) is 4.98 Å². The van der Waals surface area contributed by atoms with E-state index in [9.17, 15) is 4.79 Å². The Labute approximate surface area is 158 Å². The predicted octanol–water partition coefficient (Wildman–Crippen LogP) is 4.77. The van der Waals surface area contributed by atoms with Gasteiger partial charge in [-0.15, -0.1) is 11.8 Å². The van der Waals surface area contributed by atoms with Gasteiger partial charge in [0.05, 0.1) is 24.6 Å². The molecule has 0 amide bonds. The van der Waals surface area contributed by atoms with Crippen molar-refractivity contribution in [1.82, 2.24) is 9.38 Å². The number of ether oxygens (including phenoxy) is 1. The molecule has 0 N–H and O–H groups in total. The first-order valence-electron chi connectivity index (χ1n) is 9.06. The summed E-state index contributed by atoms with van der Waals surface area (Å²) in [6, 6.07) is 16.3. The summed E-state index contributed by atoms with van der Waals surface area (Å²) in [5, 5.41) is -0.151. The van der Waals surface area contributed by atoms with Gasteiger partial charge < -0.3 is 9.14 Å². The molecule has 5 heteroatoms. The Morgan fingerprint density at radius 1 is 1.15 bits per heavy atom. The van der Waals surface area contributed by atoms with Crippen molar-refractivity contribution in [3.63, 3.8) is 0 Å². The van der Waals surface area contributed by atoms with Crippen molar-refractivity contribution in [2.24, 2.45) is 0 Å². The fraction of sp³-hybridized carbons (Fsp3) is 0.333. The molecular weight excluding hydrogens is 344 g/mol. The summed E-state index contributed by atoms with van der Waals surface area (Å²) in [5.74, 6) is -0.113. The van der Waals surface area contributed by atoms with Gasteiger partial charge in [0.25, 0.3) is 0 Å². The van der Waals surface area contributed by atoms with E-state index in [-0.39, 0.29) is 11.2 Å². The molecule has 0 aliphatic carbocycles. The normalized spacial score (nSPS) is 12.2. The number of carbonyl (C=O) groups excluding carboxylic acids is 1. The summed E-state index contributed by atoms with van der Waals surface area (Å²) in [6.45, 7) is 2.28. The number of unbranched alkanes of at least 4 members (excludes halogenated alkanes) is 1. The van der Waals surface area contributed by atoms with E-state index in [1.54, 1.807) is 11.8 Å². The third kappa shape index (κ3) is 4.88. The van der Waals surface area contributed by atoms with Crippen LogP contribution in [0.5, 0.6) is 0 Å². The van der Waals surface area contributed by atoms with Crippen LogP contribution in [0.1, 0.15) is 31.9 Å². The molecule has 1 atom stereocenters. The number of thioether (sulfide) groups is 1. The fourth-order valence-corrected chi connectivity index (χ4v) is 4.06. The van der Waals surface area contributed by atoms with Gasteiger partial charge in [-0.1, -0.05) is 30.7 Å². The zero-order valence-electron chi connectivity index (χ0n) is 15.0. The summed E-state index contributed by atoms with van der Waals surface area (Å²) in [6.07, 6.45) is 7.53. The molecule has 0 spiro atoms. The number of pyridine rings is 1. The smallest absolute Gasteiger partial charge is 0.319 e. The van der Waals surface area contributed by atoms with Crippen molar-refractivity contribution in [3.05, 3.63) is 66.7 Å². The second-order valence-electron chi connectivity index (χ2n) is 6.12. The Hall–Kier alpha value is -2.27. The maximum atomic E-state index is 12.3. The van der Waals surface area contributed by atoms with E-state index in [0.717, 1.165) is 36.1 Å². The third-order valence-electron chi connectivity index (χ3n) is 4.25. The van der Waals surface area contributed by atoms with Crippen molar-refractivity contribution in [1.29, 1.82) is 0 Å². The molecular formula is C21H24N2O2S. The maximum absolute atomic E-state index is 12.3. The number of nitrogens with zero attached hydrogens (tertiary/aromatic N) is 2. The second kappa shape index (κ2) is 9.43. The molecule has 26 heavy (non-hydrogen) atoms. The van der Waals surface area contributed by atoms with Crippen LogP contribution in [0, 0.1) is 0 Å². The maximum Gasteiger partial charge on any atom is 0.319 e. The Bertz CT molecular complexity index is 832. The summed E-state index contributed by atoms with van der Waals surface area (Å²) < 4.78 is 7.39. The largest absolute Gasteiger partial charge is 0.465 e. The molecule has 4 nitrogen and oxygen atoms in total. The molecule has 1 unspecified atom stereocenters. The van der Waals surface area contributed by atoms with Gasteiger partial charge >= 0.3 is 5.97 Å². The van der Waals surface area contributed by atoms with E-state index < -0.39 is 0 Å². The minimum atomic E-state index is -0.151. The van der Waals surface area contributed by atoms with Crippen LogP contribution in [-0.4, -0.2) is 27.2 Å². The summed E-state index contributed by atoms with van der Waals surface area (Å²) in [4.78, 5) is 17.6. The Morgan fingerprint density at radius 3 is 2.81 bits per heavy atom. The quantitative estimate of drug-likeness (QED) is 0.310. The highest BCUT2D eigenvalue weighted by molar-refractivity contribution is 8.00. The van der Waals surface area contributed by atoms with Crippen LogP contribution in [0.4, 0.5) is 0 Å². The van der Waals surface area contributed by atoms with Gasteiger partial charge in [-0.3, -0.25) is 4.79 Å². The molecule has 2 heterocycles. The number of imidazole rings is 1. The monoisotopic (exact) mass is 368 g/mol. The molecule has 0 radical (unpaired) electrons. The van der Waals surface area contributed by atoms with Gasteiger partial charge in [-0.2, -0.15) is 0 Å². The zero-order valence-corrected chi connectivity index (χ0v) is 15.8. The lowest BCUT2D eigenvalue weighted by molar-refractivity contribution is -0.142. The number of hydrogen-bond acceptors (Lipinski definition) is 4. The first kappa shape index (κ1) is 18.5. The fourth-order valence-electron chi connectivity index (χ4n) is 2.97. The number of rotatable bonds is 9. The SMILES string of the molecule is CCOC(=O)C(CCCCc1cccc2cncn12)Sc1ccccc1.